The van der Waals surface area contributed by atoms with Crippen molar-refractivity contribution in [3.05, 3.63) is 48.5 Å². The molecule has 0 aliphatic carbocycles. The minimum atomic E-state index is 0. The number of amides is 1. The minimum Gasteiger partial charge on any atom is -0.338 e. The molecule has 27 heavy (non-hydrogen) atoms. The van der Waals surface area contributed by atoms with E-state index in [4.69, 9.17) is 0 Å². The Balaban J connectivity index is 0.00000131. The highest BCUT2D eigenvalue weighted by molar-refractivity contribution is 5.91. The van der Waals surface area contributed by atoms with Crippen molar-refractivity contribution in [1.82, 2.24) is 15.3 Å². The summed E-state index contributed by atoms with van der Waals surface area (Å²) in [7, 11) is 0. The van der Waals surface area contributed by atoms with Gasteiger partial charge in [0.15, 0.2) is 0 Å². The number of hydrogen-bond acceptors (Lipinski definition) is 3. The Bertz CT molecular complexity index is 857. The molecule has 2 heterocycles. The molecule has 0 spiro atoms. The van der Waals surface area contributed by atoms with E-state index in [9.17, 15) is 4.79 Å². The molecule has 2 aromatic carbocycles. The summed E-state index contributed by atoms with van der Waals surface area (Å²) in [5, 5.41) is 6.35. The smallest absolute Gasteiger partial charge is 0.224 e. The molecular formula is C20H24Cl2N4O. The normalized spacial score (nSPS) is 15.8. The Morgan fingerprint density at radius 3 is 2.78 bits per heavy atom. The van der Waals surface area contributed by atoms with Crippen molar-refractivity contribution < 1.29 is 4.79 Å². The molecule has 0 saturated carbocycles. The van der Waals surface area contributed by atoms with Gasteiger partial charge in [0, 0.05) is 17.7 Å². The molecule has 1 unspecified atom stereocenters. The largest absolute Gasteiger partial charge is 0.338 e. The van der Waals surface area contributed by atoms with Crippen LogP contribution in [-0.4, -0.2) is 29.0 Å². The molecule has 144 valence electrons. The first-order chi connectivity index (χ1) is 12.3. The van der Waals surface area contributed by atoms with Crippen LogP contribution in [0.1, 0.15) is 19.3 Å². The lowest BCUT2D eigenvalue weighted by Gasteiger charge is -2.09. The number of aromatic nitrogens is 2. The maximum Gasteiger partial charge on any atom is 0.224 e. The van der Waals surface area contributed by atoms with Crippen molar-refractivity contribution in [2.75, 3.05) is 18.4 Å². The van der Waals surface area contributed by atoms with Crippen molar-refractivity contribution in [2.24, 2.45) is 5.92 Å². The van der Waals surface area contributed by atoms with Gasteiger partial charge < -0.3 is 15.6 Å². The number of carbonyl (C=O) groups is 1. The first kappa shape index (κ1) is 21.2. The Kier molecular flexibility index (Phi) is 7.66. The number of fused-ring (bicyclic) bond motifs is 1. The topological polar surface area (TPSA) is 69.8 Å². The van der Waals surface area contributed by atoms with Gasteiger partial charge in [0.25, 0.3) is 0 Å². The number of anilines is 1. The average Bonchev–Trinajstić information content (AvgIpc) is 3.29. The SMILES string of the molecule is Cl.Cl.O=C(CCC1CCNC1)Nc1cccc(-c2nc3ccccc3[nH]2)c1. The van der Waals surface area contributed by atoms with Gasteiger partial charge in [0.1, 0.15) is 5.82 Å². The third-order valence-corrected chi connectivity index (χ3v) is 4.75. The van der Waals surface area contributed by atoms with Gasteiger partial charge in [-0.2, -0.15) is 0 Å². The first-order valence-electron chi connectivity index (χ1n) is 8.84. The summed E-state index contributed by atoms with van der Waals surface area (Å²) < 4.78 is 0. The molecule has 1 aromatic heterocycles. The van der Waals surface area contributed by atoms with E-state index >= 15 is 0 Å². The molecule has 1 fully saturated rings. The fourth-order valence-corrected chi connectivity index (χ4v) is 3.35. The summed E-state index contributed by atoms with van der Waals surface area (Å²) in [4.78, 5) is 20.1. The van der Waals surface area contributed by atoms with Crippen molar-refractivity contribution in [3.8, 4) is 11.4 Å². The van der Waals surface area contributed by atoms with E-state index in [1.165, 1.54) is 6.42 Å². The van der Waals surface area contributed by atoms with Crippen molar-refractivity contribution in [1.29, 1.82) is 0 Å². The van der Waals surface area contributed by atoms with E-state index in [0.717, 1.165) is 47.6 Å². The Morgan fingerprint density at radius 2 is 2.00 bits per heavy atom. The number of carbonyl (C=O) groups excluding carboxylic acids is 1. The molecule has 5 nitrogen and oxygen atoms in total. The van der Waals surface area contributed by atoms with E-state index in [0.29, 0.717) is 12.3 Å². The average molecular weight is 407 g/mol. The van der Waals surface area contributed by atoms with E-state index in [1.54, 1.807) is 0 Å². The predicted octanol–water partition coefficient (Wildman–Crippen LogP) is 4.40. The predicted molar refractivity (Wildman–Crippen MR) is 115 cm³/mol. The third kappa shape index (κ3) is 5.22. The van der Waals surface area contributed by atoms with Gasteiger partial charge in [-0.25, -0.2) is 4.98 Å². The zero-order chi connectivity index (χ0) is 17.1. The number of imidazole rings is 1. The minimum absolute atomic E-state index is 0. The molecule has 1 atom stereocenters. The van der Waals surface area contributed by atoms with Crippen LogP contribution in [0.3, 0.4) is 0 Å². The maximum absolute atomic E-state index is 12.2. The lowest BCUT2D eigenvalue weighted by Crippen LogP contribution is -2.15. The summed E-state index contributed by atoms with van der Waals surface area (Å²) in [5.74, 6) is 1.52. The summed E-state index contributed by atoms with van der Waals surface area (Å²) in [5.41, 5.74) is 3.73. The molecular weight excluding hydrogens is 383 g/mol. The highest BCUT2D eigenvalue weighted by atomic mass is 35.5. The Morgan fingerprint density at radius 1 is 1.15 bits per heavy atom. The zero-order valence-electron chi connectivity index (χ0n) is 14.9. The number of nitrogens with zero attached hydrogens (tertiary/aromatic N) is 1. The molecule has 0 radical (unpaired) electrons. The second kappa shape index (κ2) is 9.74. The highest BCUT2D eigenvalue weighted by Crippen LogP contribution is 2.23. The third-order valence-electron chi connectivity index (χ3n) is 4.75. The number of benzene rings is 2. The van der Waals surface area contributed by atoms with Gasteiger partial charge in [-0.3, -0.25) is 4.79 Å². The summed E-state index contributed by atoms with van der Waals surface area (Å²) in [6.45, 7) is 2.11. The lowest BCUT2D eigenvalue weighted by atomic mass is 10.0. The van der Waals surface area contributed by atoms with Gasteiger partial charge in [-0.05, 0) is 56.1 Å². The van der Waals surface area contributed by atoms with Gasteiger partial charge in [-0.1, -0.05) is 24.3 Å². The number of H-pyrrole nitrogens is 1. The molecule has 4 rings (SSSR count). The van der Waals surface area contributed by atoms with Crippen LogP contribution in [-0.2, 0) is 4.79 Å². The van der Waals surface area contributed by atoms with Gasteiger partial charge in [0.2, 0.25) is 5.91 Å². The molecule has 3 aromatic rings. The highest BCUT2D eigenvalue weighted by Gasteiger charge is 2.15. The second-order valence-electron chi connectivity index (χ2n) is 6.63. The van der Waals surface area contributed by atoms with Crippen molar-refractivity contribution >= 4 is 47.4 Å². The Hall–Kier alpha value is -2.08. The quantitative estimate of drug-likeness (QED) is 0.587. The molecule has 0 bridgehead atoms. The number of halogens is 2. The van der Waals surface area contributed by atoms with Gasteiger partial charge in [0.05, 0.1) is 11.0 Å². The molecule has 1 aliphatic heterocycles. The second-order valence-corrected chi connectivity index (χ2v) is 6.63. The van der Waals surface area contributed by atoms with E-state index in [2.05, 4.69) is 20.6 Å². The van der Waals surface area contributed by atoms with Crippen LogP contribution < -0.4 is 10.6 Å². The standard InChI is InChI=1S/C20H22N4O.2ClH/c25-19(9-8-14-10-11-21-13-14)22-16-5-3-4-15(12-16)20-23-17-6-1-2-7-18(17)24-20;;/h1-7,12,14,21H,8-11,13H2,(H,22,25)(H,23,24);2*1H. The lowest BCUT2D eigenvalue weighted by molar-refractivity contribution is -0.116. The maximum atomic E-state index is 12.2. The van der Waals surface area contributed by atoms with E-state index < -0.39 is 0 Å². The number of nitrogens with one attached hydrogen (secondary N) is 3. The van der Waals surface area contributed by atoms with Gasteiger partial charge in [-0.15, -0.1) is 24.8 Å². The number of aromatic amines is 1. The first-order valence-corrected chi connectivity index (χ1v) is 8.84. The van der Waals surface area contributed by atoms with E-state index in [1.807, 2.05) is 48.5 Å². The molecule has 1 amide bonds. The van der Waals surface area contributed by atoms with Crippen LogP contribution in [0.15, 0.2) is 48.5 Å². The molecule has 7 heteroatoms. The molecule has 1 saturated heterocycles. The number of para-hydroxylation sites is 2. The summed E-state index contributed by atoms with van der Waals surface area (Å²) in [6, 6.07) is 15.8. The van der Waals surface area contributed by atoms with Crippen LogP contribution in [0.4, 0.5) is 5.69 Å². The summed E-state index contributed by atoms with van der Waals surface area (Å²) >= 11 is 0. The van der Waals surface area contributed by atoms with Crippen LogP contribution >= 0.6 is 24.8 Å². The number of hydrogen-bond donors (Lipinski definition) is 3. The molecule has 1 aliphatic rings. The molecule has 3 N–H and O–H groups in total. The van der Waals surface area contributed by atoms with Crippen molar-refractivity contribution in [3.63, 3.8) is 0 Å². The fraction of sp³-hybridized carbons (Fsp3) is 0.300. The van der Waals surface area contributed by atoms with Crippen LogP contribution in [0.2, 0.25) is 0 Å². The van der Waals surface area contributed by atoms with Crippen LogP contribution in [0, 0.1) is 5.92 Å². The zero-order valence-corrected chi connectivity index (χ0v) is 16.5. The fourth-order valence-electron chi connectivity index (χ4n) is 3.35. The van der Waals surface area contributed by atoms with Crippen molar-refractivity contribution in [2.45, 2.75) is 19.3 Å². The summed E-state index contributed by atoms with van der Waals surface area (Å²) in [6.07, 6.45) is 2.69. The van der Waals surface area contributed by atoms with Crippen LogP contribution in [0.5, 0.6) is 0 Å². The van der Waals surface area contributed by atoms with Crippen LogP contribution in [0.25, 0.3) is 22.4 Å². The monoisotopic (exact) mass is 406 g/mol. The Labute approximate surface area is 171 Å². The van der Waals surface area contributed by atoms with E-state index in [-0.39, 0.29) is 30.7 Å². The number of rotatable bonds is 5. The van der Waals surface area contributed by atoms with Gasteiger partial charge >= 0.3 is 0 Å².